The summed E-state index contributed by atoms with van der Waals surface area (Å²) in [5.41, 5.74) is 0.541. The zero-order chi connectivity index (χ0) is 13.0. The second-order valence-corrected chi connectivity index (χ2v) is 4.44. The summed E-state index contributed by atoms with van der Waals surface area (Å²) in [6.07, 6.45) is 4.03. The molecule has 1 amide bonds. The molecule has 0 saturated heterocycles. The zero-order valence-corrected chi connectivity index (χ0v) is 11.4. The molecule has 0 spiro atoms. The predicted molar refractivity (Wildman–Crippen MR) is 69.0 cm³/mol. The third-order valence-corrected chi connectivity index (χ3v) is 2.77. The van der Waals surface area contributed by atoms with Crippen LogP contribution < -0.4 is 5.32 Å². The number of aromatic nitrogens is 2. The summed E-state index contributed by atoms with van der Waals surface area (Å²) in [5.74, 6) is 1.13. The SMILES string of the molecule is CCc1cnc(CNC(=O)c2ccnc(Br)c2)o1. The molecule has 18 heavy (non-hydrogen) atoms. The van der Waals surface area contributed by atoms with Gasteiger partial charge in [-0.3, -0.25) is 4.79 Å². The van der Waals surface area contributed by atoms with E-state index in [1.807, 2.05) is 6.92 Å². The predicted octanol–water partition coefficient (Wildman–Crippen LogP) is 2.32. The Morgan fingerprint density at radius 1 is 1.50 bits per heavy atom. The molecule has 2 aromatic rings. The summed E-state index contributed by atoms with van der Waals surface area (Å²) >= 11 is 3.22. The number of carbonyl (C=O) groups excluding carboxylic acids is 1. The smallest absolute Gasteiger partial charge is 0.251 e. The Balaban J connectivity index is 1.96. The Bertz CT molecular complexity index is 554. The Morgan fingerprint density at radius 2 is 2.33 bits per heavy atom. The van der Waals surface area contributed by atoms with E-state index in [1.54, 1.807) is 24.5 Å². The molecule has 0 unspecified atom stereocenters. The molecule has 0 saturated carbocycles. The number of nitrogens with one attached hydrogen (secondary N) is 1. The van der Waals surface area contributed by atoms with Crippen molar-refractivity contribution in [3.63, 3.8) is 0 Å². The van der Waals surface area contributed by atoms with Gasteiger partial charge in [0.15, 0.2) is 0 Å². The molecule has 0 fully saturated rings. The molecule has 1 N–H and O–H groups in total. The number of amides is 1. The standard InChI is InChI=1S/C12H12BrN3O2/c1-2-9-6-15-11(18-9)7-16-12(17)8-3-4-14-10(13)5-8/h3-6H,2,7H2,1H3,(H,16,17). The Labute approximate surface area is 113 Å². The van der Waals surface area contributed by atoms with Gasteiger partial charge < -0.3 is 9.73 Å². The van der Waals surface area contributed by atoms with Crippen molar-refractivity contribution in [2.75, 3.05) is 0 Å². The van der Waals surface area contributed by atoms with E-state index in [4.69, 9.17) is 4.42 Å². The van der Waals surface area contributed by atoms with Crippen LogP contribution in [0.3, 0.4) is 0 Å². The molecule has 0 bridgehead atoms. The number of oxazole rings is 1. The summed E-state index contributed by atoms with van der Waals surface area (Å²) in [7, 11) is 0. The summed E-state index contributed by atoms with van der Waals surface area (Å²) in [4.78, 5) is 19.8. The van der Waals surface area contributed by atoms with E-state index in [9.17, 15) is 4.79 Å². The average Bonchev–Trinajstić information content (AvgIpc) is 2.84. The van der Waals surface area contributed by atoms with E-state index in [2.05, 4.69) is 31.2 Å². The van der Waals surface area contributed by atoms with Crippen molar-refractivity contribution in [2.45, 2.75) is 19.9 Å². The van der Waals surface area contributed by atoms with Crippen molar-refractivity contribution in [3.8, 4) is 0 Å². The molecule has 0 aliphatic rings. The molecular formula is C12H12BrN3O2. The lowest BCUT2D eigenvalue weighted by Crippen LogP contribution is -2.22. The first kappa shape index (κ1) is 12.8. The van der Waals surface area contributed by atoms with Crippen LogP contribution in [0.4, 0.5) is 0 Å². The first-order chi connectivity index (χ1) is 8.69. The highest BCUT2D eigenvalue weighted by atomic mass is 79.9. The van der Waals surface area contributed by atoms with Crippen molar-refractivity contribution in [3.05, 3.63) is 46.3 Å². The fourth-order valence-corrected chi connectivity index (χ4v) is 1.76. The second-order valence-electron chi connectivity index (χ2n) is 3.62. The number of carbonyl (C=O) groups is 1. The lowest BCUT2D eigenvalue weighted by Gasteiger charge is -2.02. The lowest BCUT2D eigenvalue weighted by molar-refractivity contribution is 0.0947. The van der Waals surface area contributed by atoms with Gasteiger partial charge in [0.25, 0.3) is 5.91 Å². The maximum absolute atomic E-state index is 11.8. The molecule has 0 aliphatic heterocycles. The normalized spacial score (nSPS) is 10.3. The van der Waals surface area contributed by atoms with E-state index in [-0.39, 0.29) is 12.5 Å². The Kier molecular flexibility index (Phi) is 4.09. The van der Waals surface area contributed by atoms with Gasteiger partial charge in [-0.05, 0) is 28.1 Å². The molecule has 6 heteroatoms. The van der Waals surface area contributed by atoms with Gasteiger partial charge in [-0.15, -0.1) is 0 Å². The minimum atomic E-state index is -0.186. The van der Waals surface area contributed by atoms with Gasteiger partial charge in [0.1, 0.15) is 10.4 Å². The fourth-order valence-electron chi connectivity index (χ4n) is 1.39. The Hall–Kier alpha value is -1.69. The van der Waals surface area contributed by atoms with Crippen molar-refractivity contribution >= 4 is 21.8 Å². The van der Waals surface area contributed by atoms with E-state index < -0.39 is 0 Å². The second kappa shape index (κ2) is 5.77. The number of nitrogens with zero attached hydrogens (tertiary/aromatic N) is 2. The van der Waals surface area contributed by atoms with E-state index in [1.165, 1.54) is 0 Å². The quantitative estimate of drug-likeness (QED) is 0.880. The fraction of sp³-hybridized carbons (Fsp3) is 0.250. The van der Waals surface area contributed by atoms with E-state index >= 15 is 0 Å². The summed E-state index contributed by atoms with van der Waals surface area (Å²) in [6.45, 7) is 2.26. The first-order valence-electron chi connectivity index (χ1n) is 5.52. The van der Waals surface area contributed by atoms with Crippen molar-refractivity contribution in [1.29, 1.82) is 0 Å². The minimum Gasteiger partial charge on any atom is -0.444 e. The van der Waals surface area contributed by atoms with Crippen molar-refractivity contribution < 1.29 is 9.21 Å². The molecule has 0 radical (unpaired) electrons. The molecule has 0 aromatic carbocycles. The maximum atomic E-state index is 11.8. The van der Waals surface area contributed by atoms with Gasteiger partial charge in [0.2, 0.25) is 5.89 Å². The van der Waals surface area contributed by atoms with Crippen LogP contribution in [0.15, 0.2) is 33.5 Å². The molecule has 0 atom stereocenters. The highest BCUT2D eigenvalue weighted by Crippen LogP contribution is 2.08. The highest BCUT2D eigenvalue weighted by molar-refractivity contribution is 9.10. The number of halogens is 1. The largest absolute Gasteiger partial charge is 0.444 e. The minimum absolute atomic E-state index is 0.186. The van der Waals surface area contributed by atoms with Gasteiger partial charge in [0, 0.05) is 18.2 Å². The lowest BCUT2D eigenvalue weighted by atomic mass is 10.2. The summed E-state index contributed by atoms with van der Waals surface area (Å²) < 4.78 is 6.02. The first-order valence-corrected chi connectivity index (χ1v) is 6.31. The van der Waals surface area contributed by atoms with Crippen LogP contribution in [0.2, 0.25) is 0 Å². The number of hydrogen-bond donors (Lipinski definition) is 1. The average molecular weight is 310 g/mol. The van der Waals surface area contributed by atoms with Crippen molar-refractivity contribution in [1.82, 2.24) is 15.3 Å². The molecular weight excluding hydrogens is 298 g/mol. The zero-order valence-electron chi connectivity index (χ0n) is 9.81. The molecule has 2 aromatic heterocycles. The van der Waals surface area contributed by atoms with Gasteiger partial charge in [0.05, 0.1) is 12.7 Å². The van der Waals surface area contributed by atoms with Crippen molar-refractivity contribution in [2.24, 2.45) is 0 Å². The van der Waals surface area contributed by atoms with Crippen LogP contribution in [0.25, 0.3) is 0 Å². The Morgan fingerprint density at radius 3 is 3.00 bits per heavy atom. The number of hydrogen-bond acceptors (Lipinski definition) is 4. The topological polar surface area (TPSA) is 68.0 Å². The third kappa shape index (κ3) is 3.16. The highest BCUT2D eigenvalue weighted by Gasteiger charge is 2.08. The van der Waals surface area contributed by atoms with Crippen LogP contribution in [0.5, 0.6) is 0 Å². The van der Waals surface area contributed by atoms with E-state index in [0.717, 1.165) is 12.2 Å². The summed E-state index contributed by atoms with van der Waals surface area (Å²) in [6, 6.07) is 3.30. The van der Waals surface area contributed by atoms with Gasteiger partial charge >= 0.3 is 0 Å². The van der Waals surface area contributed by atoms with Crippen LogP contribution >= 0.6 is 15.9 Å². The van der Waals surface area contributed by atoms with Crippen LogP contribution in [0.1, 0.15) is 28.9 Å². The van der Waals surface area contributed by atoms with Crippen LogP contribution in [0, 0.1) is 0 Å². The molecule has 5 nitrogen and oxygen atoms in total. The van der Waals surface area contributed by atoms with Crippen LogP contribution in [-0.2, 0) is 13.0 Å². The van der Waals surface area contributed by atoms with Gasteiger partial charge in [-0.2, -0.15) is 0 Å². The monoisotopic (exact) mass is 309 g/mol. The number of aryl methyl sites for hydroxylation is 1. The maximum Gasteiger partial charge on any atom is 0.251 e. The molecule has 0 aliphatic carbocycles. The van der Waals surface area contributed by atoms with Crippen LogP contribution in [-0.4, -0.2) is 15.9 Å². The molecule has 94 valence electrons. The van der Waals surface area contributed by atoms with E-state index in [0.29, 0.717) is 16.1 Å². The molecule has 2 heterocycles. The number of rotatable bonds is 4. The van der Waals surface area contributed by atoms with Gasteiger partial charge in [-0.25, -0.2) is 9.97 Å². The third-order valence-electron chi connectivity index (χ3n) is 2.34. The summed E-state index contributed by atoms with van der Waals surface area (Å²) in [5, 5.41) is 2.74. The molecule has 2 rings (SSSR count). The van der Waals surface area contributed by atoms with Gasteiger partial charge in [-0.1, -0.05) is 6.92 Å². The number of pyridine rings is 1.